The fraction of sp³-hybridized carbons (Fsp3) is 0.611. The number of aliphatic hydroxyl groups excluding tert-OH is 2. The highest BCUT2D eigenvalue weighted by molar-refractivity contribution is 7.47. The summed E-state index contributed by atoms with van der Waals surface area (Å²) in [4.78, 5) is 22.7. The molecule has 64 heavy (non-hydrogen) atoms. The molecule has 0 aliphatic carbocycles. The number of allylic oxidation sites excluding steroid dienone is 20. The van der Waals surface area contributed by atoms with Gasteiger partial charge in [-0.2, -0.15) is 0 Å². The van der Waals surface area contributed by atoms with Gasteiger partial charge in [0.1, 0.15) is 12.2 Å². The molecule has 3 N–H and O–H groups in total. The maximum absolute atomic E-state index is 12.7. The van der Waals surface area contributed by atoms with Gasteiger partial charge < -0.3 is 24.6 Å². The molecule has 0 aliphatic heterocycles. The van der Waals surface area contributed by atoms with Crippen LogP contribution < -0.4 is 0 Å². The van der Waals surface area contributed by atoms with Gasteiger partial charge in [0.05, 0.1) is 26.4 Å². The molecule has 0 heterocycles. The van der Waals surface area contributed by atoms with Gasteiger partial charge in [0.25, 0.3) is 0 Å². The van der Waals surface area contributed by atoms with Crippen LogP contribution in [0.4, 0.5) is 0 Å². The first-order valence-corrected chi connectivity index (χ1v) is 26.0. The number of carbonyl (C=O) groups is 1. The minimum atomic E-state index is -4.54. The highest BCUT2D eigenvalue weighted by Crippen LogP contribution is 2.43. The van der Waals surface area contributed by atoms with Crippen LogP contribution in [0.1, 0.15) is 168 Å². The van der Waals surface area contributed by atoms with Crippen LogP contribution in [0.3, 0.4) is 0 Å². The van der Waals surface area contributed by atoms with Gasteiger partial charge in [-0.3, -0.25) is 13.8 Å². The third kappa shape index (κ3) is 48.3. The minimum absolute atomic E-state index is 0.0208. The highest BCUT2D eigenvalue weighted by atomic mass is 31.2. The van der Waals surface area contributed by atoms with Gasteiger partial charge in [-0.15, -0.1) is 0 Å². The summed E-state index contributed by atoms with van der Waals surface area (Å²) in [5.41, 5.74) is 0. The number of esters is 1. The third-order valence-electron chi connectivity index (χ3n) is 9.64. The molecule has 0 rings (SSSR count). The van der Waals surface area contributed by atoms with Crippen LogP contribution in [-0.2, 0) is 27.9 Å². The van der Waals surface area contributed by atoms with Crippen LogP contribution in [0.25, 0.3) is 0 Å². The van der Waals surface area contributed by atoms with Crippen LogP contribution in [0.5, 0.6) is 0 Å². The van der Waals surface area contributed by atoms with Gasteiger partial charge in [-0.25, -0.2) is 4.57 Å². The van der Waals surface area contributed by atoms with Crippen LogP contribution in [-0.4, -0.2) is 66.3 Å². The molecule has 0 fully saturated rings. The first-order chi connectivity index (χ1) is 31.3. The lowest BCUT2D eigenvalue weighted by Gasteiger charge is -2.20. The van der Waals surface area contributed by atoms with Crippen molar-refractivity contribution in [3.8, 4) is 0 Å². The molecule has 0 aromatic heterocycles. The normalized spacial score (nSPS) is 14.9. The maximum Gasteiger partial charge on any atom is 0.472 e. The molecule has 0 saturated heterocycles. The Kier molecular flexibility index (Phi) is 46.9. The molecule has 0 radical (unpaired) electrons. The monoisotopic (exact) mass is 913 g/mol. The number of unbranched alkanes of at least 4 members (excludes halogenated alkanes) is 11. The second-order valence-corrected chi connectivity index (χ2v) is 17.2. The Morgan fingerprint density at radius 2 is 0.844 bits per heavy atom. The summed E-state index contributed by atoms with van der Waals surface area (Å²) in [7, 11) is -4.54. The topological polar surface area (TPSA) is 132 Å². The molecule has 10 heteroatoms. The minimum Gasteiger partial charge on any atom is -0.457 e. The number of hydrogen-bond donors (Lipinski definition) is 3. The lowest BCUT2D eigenvalue weighted by atomic mass is 10.1. The van der Waals surface area contributed by atoms with E-state index < -0.39 is 45.8 Å². The van der Waals surface area contributed by atoms with E-state index in [1.54, 1.807) is 0 Å². The van der Waals surface area contributed by atoms with Crippen molar-refractivity contribution in [1.29, 1.82) is 0 Å². The number of phosphoric acid groups is 1. The van der Waals surface area contributed by atoms with E-state index in [-0.39, 0.29) is 13.0 Å². The largest absolute Gasteiger partial charge is 0.472 e. The molecule has 0 aliphatic rings. The van der Waals surface area contributed by atoms with E-state index in [0.717, 1.165) is 141 Å². The molecule has 0 amide bonds. The van der Waals surface area contributed by atoms with Crippen LogP contribution in [0.15, 0.2) is 122 Å². The zero-order valence-corrected chi connectivity index (χ0v) is 40.8. The molecule has 9 nitrogen and oxygen atoms in total. The fourth-order valence-electron chi connectivity index (χ4n) is 6.00. The SMILES string of the molecule is CC/C=C\C/C=C\C/C=C\C/C=C\C/C=C\C/C=C\CCCCCCCOCC(COP(=O)(O)OCC(O)CO)OC(=O)CCCCCCCC/C=C\C/C=C\C/C=C\C/C=C\CC. The summed E-state index contributed by atoms with van der Waals surface area (Å²) in [6.07, 6.45) is 65.8. The summed E-state index contributed by atoms with van der Waals surface area (Å²) >= 11 is 0. The molecule has 0 aromatic carbocycles. The Labute approximate surface area is 390 Å². The van der Waals surface area contributed by atoms with Crippen LogP contribution >= 0.6 is 7.82 Å². The molecule has 364 valence electrons. The zero-order valence-electron chi connectivity index (χ0n) is 39.9. The zero-order chi connectivity index (χ0) is 46.7. The molecule has 0 saturated carbocycles. The number of aliphatic hydroxyl groups is 2. The van der Waals surface area contributed by atoms with E-state index in [2.05, 4.69) is 135 Å². The summed E-state index contributed by atoms with van der Waals surface area (Å²) in [5, 5.41) is 18.4. The average Bonchev–Trinajstić information content (AvgIpc) is 3.29. The van der Waals surface area contributed by atoms with Crippen molar-refractivity contribution in [2.45, 2.75) is 180 Å². The molecule has 0 spiro atoms. The number of carbonyl (C=O) groups excluding carboxylic acids is 1. The summed E-state index contributed by atoms with van der Waals surface area (Å²) in [6.45, 7) is 3.19. The second kappa shape index (κ2) is 49.3. The van der Waals surface area contributed by atoms with Crippen molar-refractivity contribution in [2.75, 3.05) is 33.0 Å². The van der Waals surface area contributed by atoms with E-state index in [0.29, 0.717) is 13.0 Å². The highest BCUT2D eigenvalue weighted by Gasteiger charge is 2.26. The summed E-state index contributed by atoms with van der Waals surface area (Å²) in [5.74, 6) is -0.409. The van der Waals surface area contributed by atoms with E-state index >= 15 is 0 Å². The summed E-state index contributed by atoms with van der Waals surface area (Å²) in [6, 6.07) is 0. The molecule has 3 atom stereocenters. The molecule has 0 aromatic rings. The van der Waals surface area contributed by atoms with Crippen molar-refractivity contribution in [3.05, 3.63) is 122 Å². The Morgan fingerprint density at radius 1 is 0.484 bits per heavy atom. The number of ether oxygens (including phenoxy) is 2. The third-order valence-corrected chi connectivity index (χ3v) is 10.6. The van der Waals surface area contributed by atoms with E-state index in [9.17, 15) is 19.4 Å². The lowest BCUT2D eigenvalue weighted by Crippen LogP contribution is -2.29. The Hall–Kier alpha value is -3.14. The molecule has 3 unspecified atom stereocenters. The van der Waals surface area contributed by atoms with Crippen molar-refractivity contribution in [2.24, 2.45) is 0 Å². The van der Waals surface area contributed by atoms with Gasteiger partial charge in [0.15, 0.2) is 0 Å². The predicted molar refractivity (Wildman–Crippen MR) is 269 cm³/mol. The van der Waals surface area contributed by atoms with Crippen molar-refractivity contribution >= 4 is 13.8 Å². The van der Waals surface area contributed by atoms with E-state index in [4.69, 9.17) is 23.6 Å². The van der Waals surface area contributed by atoms with Crippen molar-refractivity contribution in [1.82, 2.24) is 0 Å². The standard InChI is InChI=1S/C54H89O9P/c1-3-5-7-9-11-13-15-17-19-21-23-24-25-26-27-29-31-33-35-37-39-41-43-45-47-60-50-53(51-62-64(58,59)61-49-52(56)48-55)63-54(57)46-44-42-40-38-36-34-32-30-28-22-20-18-16-14-12-10-8-6-4-2/h5-8,11-14,17-20,23-24,26-28,30-31,33,52-53,55-56H,3-4,9-10,15-16,21-22,25,29,32,34-51H2,1-2H3,(H,58,59)/b7-5-,8-6-,13-11-,14-12-,19-17-,20-18-,24-23-,27-26-,30-28-,33-31-. The van der Waals surface area contributed by atoms with Crippen LogP contribution in [0.2, 0.25) is 0 Å². The Bertz CT molecular complexity index is 1400. The fourth-order valence-corrected chi connectivity index (χ4v) is 6.79. The second-order valence-electron chi connectivity index (χ2n) is 15.7. The first-order valence-electron chi connectivity index (χ1n) is 24.5. The Morgan fingerprint density at radius 3 is 1.27 bits per heavy atom. The Balaban J connectivity index is 4.22. The summed E-state index contributed by atoms with van der Waals surface area (Å²) < 4.78 is 33.5. The van der Waals surface area contributed by atoms with E-state index in [1.807, 2.05) is 0 Å². The predicted octanol–water partition coefficient (Wildman–Crippen LogP) is 14.4. The lowest BCUT2D eigenvalue weighted by molar-refractivity contribution is -0.154. The maximum atomic E-state index is 12.7. The molecule has 0 bridgehead atoms. The van der Waals surface area contributed by atoms with Gasteiger partial charge in [0.2, 0.25) is 0 Å². The average molecular weight is 913 g/mol. The van der Waals surface area contributed by atoms with Crippen molar-refractivity contribution in [3.63, 3.8) is 0 Å². The van der Waals surface area contributed by atoms with Gasteiger partial charge in [0, 0.05) is 13.0 Å². The van der Waals surface area contributed by atoms with Crippen molar-refractivity contribution < 1.29 is 43.0 Å². The number of phosphoric ester groups is 1. The van der Waals surface area contributed by atoms with Gasteiger partial charge in [-0.1, -0.05) is 180 Å². The molecular weight excluding hydrogens is 824 g/mol. The van der Waals surface area contributed by atoms with Gasteiger partial charge >= 0.3 is 13.8 Å². The van der Waals surface area contributed by atoms with E-state index in [1.165, 1.54) is 0 Å². The van der Waals surface area contributed by atoms with Crippen LogP contribution in [0, 0.1) is 0 Å². The molecular formula is C54H89O9P. The number of hydrogen-bond acceptors (Lipinski definition) is 8. The smallest absolute Gasteiger partial charge is 0.457 e. The first kappa shape index (κ1) is 60.9. The quantitative estimate of drug-likeness (QED) is 0.0236. The van der Waals surface area contributed by atoms with Gasteiger partial charge in [-0.05, 0) is 103 Å². The number of rotatable bonds is 45.